The molecule has 1 aromatic rings. The van der Waals surface area contributed by atoms with Crippen molar-refractivity contribution in [3.8, 4) is 0 Å². The zero-order chi connectivity index (χ0) is 16.6. The summed E-state index contributed by atoms with van der Waals surface area (Å²) < 4.78 is 46.7. The molecule has 0 spiro atoms. The number of hydrogen-bond donors (Lipinski definition) is 6. The van der Waals surface area contributed by atoms with Crippen LogP contribution in [0.4, 0.5) is 11.9 Å². The Morgan fingerprint density at radius 3 is 1.59 bits per heavy atom. The maximum Gasteiger partial charge on any atom is 0.274 e. The van der Waals surface area contributed by atoms with Crippen molar-refractivity contribution in [1.82, 2.24) is 24.4 Å². The molecule has 13 nitrogen and oxygen atoms in total. The highest BCUT2D eigenvalue weighted by molar-refractivity contribution is 7.87. The molecule has 0 fully saturated rings. The lowest BCUT2D eigenvalue weighted by molar-refractivity contribution is 0.583. The van der Waals surface area contributed by atoms with E-state index in [4.69, 9.17) is 10.3 Å². The number of nitrogens with one attached hydrogen (secondary N) is 4. The fourth-order valence-electron chi connectivity index (χ4n) is 1.20. The average molecular weight is 355 g/mol. The number of rotatable bonds is 10. The fraction of sp³-hybridized carbons (Fsp3) is 0.571. The Bertz CT molecular complexity index is 622. The van der Waals surface area contributed by atoms with Gasteiger partial charge in [-0.05, 0) is 0 Å². The third-order valence-corrected chi connectivity index (χ3v) is 3.21. The SMILES string of the molecule is NS(=O)(=O)NCCNc1ncnc(NCCNS(N)(=O)=O)n1. The van der Waals surface area contributed by atoms with Crippen molar-refractivity contribution in [3.63, 3.8) is 0 Å². The van der Waals surface area contributed by atoms with Crippen LogP contribution in [0.1, 0.15) is 0 Å². The Labute approximate surface area is 127 Å². The largest absolute Gasteiger partial charge is 0.353 e. The summed E-state index contributed by atoms with van der Waals surface area (Å²) in [5.74, 6) is 0.432. The molecule has 0 saturated carbocycles. The Morgan fingerprint density at radius 2 is 1.23 bits per heavy atom. The first-order valence-corrected chi connectivity index (χ1v) is 8.96. The van der Waals surface area contributed by atoms with Crippen molar-refractivity contribution >= 4 is 32.3 Å². The van der Waals surface area contributed by atoms with Crippen molar-refractivity contribution in [3.05, 3.63) is 6.33 Å². The van der Waals surface area contributed by atoms with Gasteiger partial charge in [0.1, 0.15) is 6.33 Å². The number of nitrogens with zero attached hydrogens (tertiary/aromatic N) is 3. The van der Waals surface area contributed by atoms with Crippen LogP contribution in [0.3, 0.4) is 0 Å². The van der Waals surface area contributed by atoms with E-state index in [2.05, 4.69) is 35.0 Å². The molecule has 0 bridgehead atoms. The smallest absolute Gasteiger partial charge is 0.274 e. The van der Waals surface area contributed by atoms with Crippen LogP contribution in [0.2, 0.25) is 0 Å². The van der Waals surface area contributed by atoms with E-state index >= 15 is 0 Å². The molecule has 0 aliphatic carbocycles. The van der Waals surface area contributed by atoms with Gasteiger partial charge >= 0.3 is 0 Å². The van der Waals surface area contributed by atoms with Gasteiger partial charge in [-0.3, -0.25) is 0 Å². The monoisotopic (exact) mass is 355 g/mol. The third kappa shape index (κ3) is 9.32. The van der Waals surface area contributed by atoms with Gasteiger partial charge in [-0.25, -0.2) is 29.7 Å². The standard InChI is InChI=1S/C7H17N9O4S2/c8-21(17,18)14-3-1-10-6-12-5-13-7(16-6)11-2-4-15-22(9,19)20/h5,14-15H,1-4H2,(H2,8,17,18)(H2,9,19,20)(H2,10,11,12,13,16). The van der Waals surface area contributed by atoms with Gasteiger partial charge in [0.25, 0.3) is 20.4 Å². The first-order chi connectivity index (χ1) is 10.2. The van der Waals surface area contributed by atoms with E-state index in [-0.39, 0.29) is 38.1 Å². The van der Waals surface area contributed by atoms with Crippen LogP contribution in [-0.4, -0.2) is 58.0 Å². The summed E-state index contributed by atoms with van der Waals surface area (Å²) >= 11 is 0. The summed E-state index contributed by atoms with van der Waals surface area (Å²) in [6, 6.07) is 0. The summed E-state index contributed by atoms with van der Waals surface area (Å²) in [5.41, 5.74) is 0. The van der Waals surface area contributed by atoms with Gasteiger partial charge in [0.05, 0.1) is 0 Å². The maximum atomic E-state index is 10.6. The molecule has 0 aromatic carbocycles. The van der Waals surface area contributed by atoms with E-state index < -0.39 is 20.4 Å². The minimum absolute atomic E-state index is 0.0611. The molecular weight excluding hydrogens is 338 g/mol. The second kappa shape index (κ2) is 8.11. The molecule has 0 saturated heterocycles. The van der Waals surface area contributed by atoms with Gasteiger partial charge < -0.3 is 10.6 Å². The Kier molecular flexibility index (Phi) is 6.78. The van der Waals surface area contributed by atoms with Crippen molar-refractivity contribution in [1.29, 1.82) is 0 Å². The predicted octanol–water partition coefficient (Wildman–Crippen LogP) is -3.72. The first kappa shape index (κ1) is 18.4. The van der Waals surface area contributed by atoms with Crippen LogP contribution in [0.15, 0.2) is 6.33 Å². The second-order valence-corrected chi connectivity index (χ2v) is 6.62. The zero-order valence-corrected chi connectivity index (χ0v) is 13.0. The summed E-state index contributed by atoms with van der Waals surface area (Å²) in [7, 11) is -7.47. The van der Waals surface area contributed by atoms with Gasteiger partial charge in [0.15, 0.2) is 0 Å². The van der Waals surface area contributed by atoms with Crippen LogP contribution in [0, 0.1) is 0 Å². The molecule has 1 rings (SSSR count). The van der Waals surface area contributed by atoms with E-state index in [9.17, 15) is 16.8 Å². The number of nitrogens with two attached hydrogens (primary N) is 2. The van der Waals surface area contributed by atoms with Crippen molar-refractivity contribution in [2.45, 2.75) is 0 Å². The molecule has 0 aliphatic rings. The molecule has 1 heterocycles. The van der Waals surface area contributed by atoms with E-state index in [1.54, 1.807) is 0 Å². The van der Waals surface area contributed by atoms with Crippen molar-refractivity contribution in [2.75, 3.05) is 36.8 Å². The highest BCUT2D eigenvalue weighted by Crippen LogP contribution is 2.00. The average Bonchev–Trinajstić information content (AvgIpc) is 2.38. The van der Waals surface area contributed by atoms with E-state index in [0.29, 0.717) is 0 Å². The number of anilines is 2. The van der Waals surface area contributed by atoms with E-state index in [0.717, 1.165) is 0 Å². The summed E-state index contributed by atoms with van der Waals surface area (Å²) in [4.78, 5) is 11.6. The van der Waals surface area contributed by atoms with Crippen LogP contribution in [-0.2, 0) is 20.4 Å². The fourth-order valence-corrected chi connectivity index (χ4v) is 1.97. The highest BCUT2D eigenvalue weighted by Gasteiger charge is 2.03. The minimum Gasteiger partial charge on any atom is -0.353 e. The van der Waals surface area contributed by atoms with Crippen LogP contribution in [0.5, 0.6) is 0 Å². The van der Waals surface area contributed by atoms with Crippen LogP contribution in [0.25, 0.3) is 0 Å². The molecule has 0 aliphatic heterocycles. The molecule has 8 N–H and O–H groups in total. The molecule has 126 valence electrons. The normalized spacial score (nSPS) is 12.1. The molecule has 22 heavy (non-hydrogen) atoms. The lowest BCUT2D eigenvalue weighted by atomic mass is 10.6. The maximum absolute atomic E-state index is 10.6. The first-order valence-electron chi connectivity index (χ1n) is 5.87. The lowest BCUT2D eigenvalue weighted by Gasteiger charge is -2.07. The van der Waals surface area contributed by atoms with Gasteiger partial charge in [-0.1, -0.05) is 0 Å². The lowest BCUT2D eigenvalue weighted by Crippen LogP contribution is -2.34. The van der Waals surface area contributed by atoms with Crippen molar-refractivity contribution in [2.24, 2.45) is 10.3 Å². The number of aromatic nitrogens is 3. The van der Waals surface area contributed by atoms with Crippen LogP contribution < -0.4 is 30.4 Å². The molecule has 15 heteroatoms. The predicted molar refractivity (Wildman–Crippen MR) is 79.0 cm³/mol. The summed E-state index contributed by atoms with van der Waals surface area (Å²) in [6.45, 7) is 0.552. The minimum atomic E-state index is -3.74. The molecular formula is C7H17N9O4S2. The molecule has 0 unspecified atom stereocenters. The molecule has 0 amide bonds. The Hall–Kier alpha value is -1.65. The number of hydrogen-bond acceptors (Lipinski definition) is 9. The third-order valence-electron chi connectivity index (χ3n) is 1.99. The van der Waals surface area contributed by atoms with Crippen LogP contribution >= 0.6 is 0 Å². The van der Waals surface area contributed by atoms with Gasteiger partial charge in [0.2, 0.25) is 11.9 Å². The van der Waals surface area contributed by atoms with Gasteiger partial charge in [-0.15, -0.1) is 0 Å². The second-order valence-electron chi connectivity index (χ2n) is 3.86. The zero-order valence-electron chi connectivity index (χ0n) is 11.4. The van der Waals surface area contributed by atoms with Gasteiger partial charge in [0, 0.05) is 26.2 Å². The molecule has 1 aromatic heterocycles. The topological polar surface area (TPSA) is 207 Å². The molecule has 0 radical (unpaired) electrons. The Morgan fingerprint density at radius 1 is 0.818 bits per heavy atom. The summed E-state index contributed by atoms with van der Waals surface area (Å²) in [6.07, 6.45) is 1.23. The van der Waals surface area contributed by atoms with Gasteiger partial charge in [-0.2, -0.15) is 21.8 Å². The van der Waals surface area contributed by atoms with E-state index in [1.165, 1.54) is 6.33 Å². The highest BCUT2D eigenvalue weighted by atomic mass is 32.2. The van der Waals surface area contributed by atoms with E-state index in [1.807, 2.05) is 0 Å². The molecule has 0 atom stereocenters. The Balaban J connectivity index is 2.36. The van der Waals surface area contributed by atoms with Crippen molar-refractivity contribution < 1.29 is 16.8 Å². The summed E-state index contributed by atoms with van der Waals surface area (Å²) in [5, 5.41) is 15.0. The quantitative estimate of drug-likeness (QED) is 0.228.